The summed E-state index contributed by atoms with van der Waals surface area (Å²) < 4.78 is 14.0. The highest BCUT2D eigenvalue weighted by Gasteiger charge is 2.48. The van der Waals surface area contributed by atoms with E-state index in [1.807, 2.05) is 11.8 Å². The molecule has 1 aliphatic carbocycles. The van der Waals surface area contributed by atoms with E-state index in [0.717, 1.165) is 37.8 Å². The molecule has 2 fully saturated rings. The van der Waals surface area contributed by atoms with E-state index < -0.39 is 5.60 Å². The van der Waals surface area contributed by atoms with Crippen LogP contribution in [0.3, 0.4) is 0 Å². The van der Waals surface area contributed by atoms with Crippen LogP contribution in [0.2, 0.25) is 0 Å². The molecule has 1 amide bonds. The Morgan fingerprint density at radius 2 is 1.93 bits per heavy atom. The normalized spacial score (nSPS) is 27.4. The van der Waals surface area contributed by atoms with Gasteiger partial charge in [0.25, 0.3) is 5.91 Å². The van der Waals surface area contributed by atoms with Crippen molar-refractivity contribution in [3.8, 4) is 11.1 Å². The Morgan fingerprint density at radius 3 is 2.63 bits per heavy atom. The number of rotatable bonds is 3. The van der Waals surface area contributed by atoms with Gasteiger partial charge in [-0.15, -0.1) is 0 Å². The van der Waals surface area contributed by atoms with Gasteiger partial charge in [0.2, 0.25) is 0 Å². The molecular formula is C23H26FNO2. The smallest absolute Gasteiger partial charge is 0.253 e. The van der Waals surface area contributed by atoms with Gasteiger partial charge in [-0.25, -0.2) is 4.39 Å². The largest absolute Gasteiger partial charge is 0.390 e. The molecule has 0 radical (unpaired) electrons. The number of aliphatic hydroxyl groups is 1. The van der Waals surface area contributed by atoms with Gasteiger partial charge in [-0.05, 0) is 48.9 Å². The average Bonchev–Trinajstić information content (AvgIpc) is 3.14. The highest BCUT2D eigenvalue weighted by Crippen LogP contribution is 2.44. The molecule has 2 aromatic carbocycles. The lowest BCUT2D eigenvalue weighted by molar-refractivity contribution is -0.0609. The number of benzene rings is 2. The van der Waals surface area contributed by atoms with Gasteiger partial charge in [-0.2, -0.15) is 0 Å². The van der Waals surface area contributed by atoms with Crippen LogP contribution in [0, 0.1) is 17.7 Å². The summed E-state index contributed by atoms with van der Waals surface area (Å²) in [5.41, 5.74) is 1.29. The van der Waals surface area contributed by atoms with Crippen LogP contribution in [-0.2, 0) is 0 Å². The third-order valence-electron chi connectivity index (χ3n) is 6.53. The number of carbonyl (C=O) groups excluding carboxylic acids is 1. The van der Waals surface area contributed by atoms with Crippen molar-refractivity contribution in [1.29, 1.82) is 0 Å². The maximum atomic E-state index is 14.0. The van der Waals surface area contributed by atoms with Crippen molar-refractivity contribution in [2.45, 2.75) is 38.2 Å². The van der Waals surface area contributed by atoms with Gasteiger partial charge >= 0.3 is 0 Å². The average molecular weight is 367 g/mol. The molecule has 1 N–H and O–H groups in total. The Balaban J connectivity index is 1.51. The summed E-state index contributed by atoms with van der Waals surface area (Å²) >= 11 is 0. The molecule has 1 aliphatic heterocycles. The van der Waals surface area contributed by atoms with Gasteiger partial charge in [0.15, 0.2) is 0 Å². The molecule has 0 spiro atoms. The fourth-order valence-corrected chi connectivity index (χ4v) is 4.90. The van der Waals surface area contributed by atoms with E-state index in [9.17, 15) is 14.3 Å². The molecule has 1 saturated heterocycles. The molecule has 4 heteroatoms. The molecule has 142 valence electrons. The fourth-order valence-electron chi connectivity index (χ4n) is 4.90. The monoisotopic (exact) mass is 367 g/mol. The molecule has 3 nitrogen and oxygen atoms in total. The first kappa shape index (κ1) is 18.2. The minimum absolute atomic E-state index is 0.00272. The predicted molar refractivity (Wildman–Crippen MR) is 104 cm³/mol. The molecule has 0 bridgehead atoms. The molecule has 0 aromatic heterocycles. The second kappa shape index (κ2) is 7.08. The van der Waals surface area contributed by atoms with E-state index in [2.05, 4.69) is 0 Å². The number of carbonyl (C=O) groups is 1. The SMILES string of the molecule is CC[C@@]1(O)CCC[C@@H]2CN(C(=O)c3ccc(-c4ccccc4F)cc3)C[C@@H]21. The molecule has 2 aromatic rings. The first-order valence-electron chi connectivity index (χ1n) is 9.88. The van der Waals surface area contributed by atoms with Crippen molar-refractivity contribution in [1.82, 2.24) is 4.90 Å². The standard InChI is InChI=1S/C23H26FNO2/c1-2-23(27)13-5-6-18-14-25(15-20(18)23)22(26)17-11-9-16(10-12-17)19-7-3-4-8-21(19)24/h3-4,7-12,18,20,27H,2,5-6,13-15H2,1H3/t18-,20+,23-/m1/s1. The van der Waals surface area contributed by atoms with Crippen molar-refractivity contribution in [3.05, 3.63) is 59.9 Å². The number of halogens is 1. The topological polar surface area (TPSA) is 40.5 Å². The second-order valence-electron chi connectivity index (χ2n) is 7.98. The van der Waals surface area contributed by atoms with Crippen molar-refractivity contribution < 1.29 is 14.3 Å². The summed E-state index contributed by atoms with van der Waals surface area (Å²) in [5.74, 6) is 0.310. The molecule has 2 aliphatic rings. The molecule has 1 saturated carbocycles. The van der Waals surface area contributed by atoms with E-state index in [1.165, 1.54) is 6.07 Å². The second-order valence-corrected chi connectivity index (χ2v) is 7.98. The fraction of sp³-hybridized carbons (Fsp3) is 0.435. The number of fused-ring (bicyclic) bond motifs is 1. The van der Waals surface area contributed by atoms with Crippen LogP contribution >= 0.6 is 0 Å². The summed E-state index contributed by atoms with van der Waals surface area (Å²) in [7, 11) is 0. The third kappa shape index (κ3) is 3.27. The summed E-state index contributed by atoms with van der Waals surface area (Å²) in [6, 6.07) is 13.8. The third-order valence-corrected chi connectivity index (χ3v) is 6.53. The zero-order valence-electron chi connectivity index (χ0n) is 15.7. The molecule has 1 heterocycles. The van der Waals surface area contributed by atoms with Gasteiger partial charge in [-0.1, -0.05) is 43.7 Å². The first-order valence-corrected chi connectivity index (χ1v) is 9.88. The van der Waals surface area contributed by atoms with Gasteiger partial charge in [0.1, 0.15) is 5.82 Å². The van der Waals surface area contributed by atoms with Crippen LogP contribution in [0.4, 0.5) is 4.39 Å². The van der Waals surface area contributed by atoms with Crippen molar-refractivity contribution in [3.63, 3.8) is 0 Å². The highest BCUT2D eigenvalue weighted by atomic mass is 19.1. The molecule has 4 rings (SSSR count). The Kier molecular flexibility index (Phi) is 4.77. The van der Waals surface area contributed by atoms with Crippen molar-refractivity contribution in [2.24, 2.45) is 11.8 Å². The molecule has 27 heavy (non-hydrogen) atoms. The van der Waals surface area contributed by atoms with Crippen LogP contribution in [0.25, 0.3) is 11.1 Å². The Bertz CT molecular complexity index is 835. The maximum absolute atomic E-state index is 14.0. The Hall–Kier alpha value is -2.20. The minimum Gasteiger partial charge on any atom is -0.390 e. The van der Waals surface area contributed by atoms with Crippen LogP contribution < -0.4 is 0 Å². The van der Waals surface area contributed by atoms with Crippen LogP contribution in [0.5, 0.6) is 0 Å². The van der Waals surface area contributed by atoms with E-state index in [4.69, 9.17) is 0 Å². The van der Waals surface area contributed by atoms with Crippen LogP contribution in [0.15, 0.2) is 48.5 Å². The lowest BCUT2D eigenvalue weighted by Gasteiger charge is -2.40. The maximum Gasteiger partial charge on any atom is 0.253 e. The van der Waals surface area contributed by atoms with E-state index in [-0.39, 0.29) is 17.6 Å². The lowest BCUT2D eigenvalue weighted by atomic mass is 9.69. The number of hydrogen-bond acceptors (Lipinski definition) is 2. The van der Waals surface area contributed by atoms with E-state index in [1.54, 1.807) is 42.5 Å². The number of hydrogen-bond donors (Lipinski definition) is 1. The summed E-state index contributed by atoms with van der Waals surface area (Å²) in [6.07, 6.45) is 3.70. The van der Waals surface area contributed by atoms with Crippen LogP contribution in [0.1, 0.15) is 43.0 Å². The van der Waals surface area contributed by atoms with Crippen molar-refractivity contribution >= 4 is 5.91 Å². The predicted octanol–water partition coefficient (Wildman–Crippen LogP) is 4.51. The van der Waals surface area contributed by atoms with Gasteiger partial charge < -0.3 is 10.0 Å². The summed E-state index contributed by atoms with van der Waals surface area (Å²) in [6.45, 7) is 3.39. The molecular weight excluding hydrogens is 341 g/mol. The lowest BCUT2D eigenvalue weighted by Crippen LogP contribution is -2.44. The Morgan fingerprint density at radius 1 is 1.19 bits per heavy atom. The summed E-state index contributed by atoms with van der Waals surface area (Å²) in [4.78, 5) is 14.9. The first-order chi connectivity index (χ1) is 13.0. The van der Waals surface area contributed by atoms with Gasteiger partial charge in [0, 0.05) is 30.1 Å². The zero-order valence-corrected chi connectivity index (χ0v) is 15.7. The molecule has 0 unspecified atom stereocenters. The van der Waals surface area contributed by atoms with Gasteiger partial charge in [-0.3, -0.25) is 4.79 Å². The van der Waals surface area contributed by atoms with Crippen LogP contribution in [-0.4, -0.2) is 34.6 Å². The van der Waals surface area contributed by atoms with E-state index >= 15 is 0 Å². The van der Waals surface area contributed by atoms with Crippen molar-refractivity contribution in [2.75, 3.05) is 13.1 Å². The number of amides is 1. The quantitative estimate of drug-likeness (QED) is 0.867. The highest BCUT2D eigenvalue weighted by molar-refractivity contribution is 5.95. The summed E-state index contributed by atoms with van der Waals surface area (Å²) in [5, 5.41) is 10.9. The molecule has 3 atom stereocenters. The van der Waals surface area contributed by atoms with Gasteiger partial charge in [0.05, 0.1) is 5.60 Å². The number of nitrogens with zero attached hydrogens (tertiary/aromatic N) is 1. The zero-order chi connectivity index (χ0) is 19.0. The minimum atomic E-state index is -0.632. The number of likely N-dealkylation sites (tertiary alicyclic amines) is 1. The van der Waals surface area contributed by atoms with E-state index in [0.29, 0.717) is 23.6 Å². The Labute approximate surface area is 159 Å².